The van der Waals surface area contributed by atoms with Crippen LogP contribution in [-0.4, -0.2) is 31.1 Å². The normalized spacial score (nSPS) is 17.8. The number of rotatable bonds is 4. The van der Waals surface area contributed by atoms with Gasteiger partial charge in [0.25, 0.3) is 0 Å². The van der Waals surface area contributed by atoms with Gasteiger partial charge >= 0.3 is 0 Å². The average Bonchev–Trinajstić information content (AvgIpc) is 2.95. The van der Waals surface area contributed by atoms with E-state index in [1.165, 1.54) is 16.0 Å². The molecule has 1 unspecified atom stereocenters. The Morgan fingerprint density at radius 2 is 1.86 bits per heavy atom. The van der Waals surface area contributed by atoms with Gasteiger partial charge in [0.05, 0.1) is 10.4 Å². The third-order valence-electron chi connectivity index (χ3n) is 4.08. The maximum absolute atomic E-state index is 6.17. The lowest BCUT2D eigenvalue weighted by Gasteiger charge is -2.34. The van der Waals surface area contributed by atoms with Crippen LogP contribution in [0.5, 0.6) is 0 Å². The second kappa shape index (κ2) is 6.93. The van der Waals surface area contributed by atoms with Crippen molar-refractivity contribution in [3.8, 4) is 0 Å². The molecule has 2 nitrogen and oxygen atoms in total. The van der Waals surface area contributed by atoms with Crippen molar-refractivity contribution in [2.75, 3.05) is 26.2 Å². The summed E-state index contributed by atoms with van der Waals surface area (Å²) in [4.78, 5) is 3.89. The zero-order chi connectivity index (χ0) is 14.7. The van der Waals surface area contributed by atoms with Crippen LogP contribution in [0.2, 0.25) is 4.34 Å². The smallest absolute Gasteiger partial charge is 0.0931 e. The predicted octanol–water partition coefficient (Wildman–Crippen LogP) is 3.96. The molecule has 1 aromatic carbocycles. The van der Waals surface area contributed by atoms with E-state index in [0.717, 1.165) is 36.9 Å². The second-order valence-electron chi connectivity index (χ2n) is 5.43. The molecule has 1 atom stereocenters. The van der Waals surface area contributed by atoms with E-state index < -0.39 is 0 Å². The molecule has 2 aromatic rings. The van der Waals surface area contributed by atoms with Gasteiger partial charge in [-0.05, 0) is 29.7 Å². The number of nitrogens with zero attached hydrogens (tertiary/aromatic N) is 1. The van der Waals surface area contributed by atoms with Crippen molar-refractivity contribution in [3.05, 3.63) is 56.7 Å². The molecule has 21 heavy (non-hydrogen) atoms. The summed E-state index contributed by atoms with van der Waals surface area (Å²) in [6.07, 6.45) is 1.09. The first-order valence-corrected chi connectivity index (χ1v) is 8.76. The van der Waals surface area contributed by atoms with E-state index in [1.807, 2.05) is 6.07 Å². The highest BCUT2D eigenvalue weighted by Gasteiger charge is 2.25. The zero-order valence-electron chi connectivity index (χ0n) is 12.3. The monoisotopic (exact) mass is 320 g/mol. The lowest BCUT2D eigenvalue weighted by Crippen LogP contribution is -2.45. The molecule has 0 spiro atoms. The van der Waals surface area contributed by atoms with Crippen molar-refractivity contribution in [2.24, 2.45) is 0 Å². The first-order chi connectivity index (χ1) is 10.3. The number of benzene rings is 1. The van der Waals surface area contributed by atoms with Crippen LogP contribution in [0.3, 0.4) is 0 Å². The average molecular weight is 321 g/mol. The predicted molar refractivity (Wildman–Crippen MR) is 91.4 cm³/mol. The summed E-state index contributed by atoms with van der Waals surface area (Å²) in [5.41, 5.74) is 2.76. The van der Waals surface area contributed by atoms with Gasteiger partial charge in [0.15, 0.2) is 0 Å². The van der Waals surface area contributed by atoms with E-state index in [9.17, 15) is 0 Å². The van der Waals surface area contributed by atoms with Crippen molar-refractivity contribution in [1.82, 2.24) is 10.2 Å². The molecule has 0 amide bonds. The number of hydrogen-bond donors (Lipinski definition) is 1. The lowest BCUT2D eigenvalue weighted by molar-refractivity contribution is 0.200. The van der Waals surface area contributed by atoms with Crippen LogP contribution in [0.4, 0.5) is 0 Å². The van der Waals surface area contributed by atoms with Gasteiger partial charge in [0.1, 0.15) is 0 Å². The Morgan fingerprint density at radius 1 is 1.14 bits per heavy atom. The van der Waals surface area contributed by atoms with Gasteiger partial charge in [-0.1, -0.05) is 42.8 Å². The zero-order valence-corrected chi connectivity index (χ0v) is 13.9. The van der Waals surface area contributed by atoms with Crippen LogP contribution in [0, 0.1) is 0 Å². The van der Waals surface area contributed by atoms with Crippen LogP contribution >= 0.6 is 22.9 Å². The van der Waals surface area contributed by atoms with Gasteiger partial charge in [0.2, 0.25) is 0 Å². The molecule has 3 rings (SSSR count). The van der Waals surface area contributed by atoms with Crippen LogP contribution in [0.15, 0.2) is 36.4 Å². The SMILES string of the molecule is CCc1ccc(C(c2ccc(Cl)s2)N2CCNCC2)cc1. The fourth-order valence-corrected chi connectivity index (χ4v) is 4.13. The van der Waals surface area contributed by atoms with Gasteiger partial charge < -0.3 is 5.32 Å². The van der Waals surface area contributed by atoms with E-state index >= 15 is 0 Å². The molecule has 1 aromatic heterocycles. The quantitative estimate of drug-likeness (QED) is 0.917. The minimum absolute atomic E-state index is 0.329. The first-order valence-electron chi connectivity index (χ1n) is 7.57. The molecule has 1 saturated heterocycles. The van der Waals surface area contributed by atoms with Gasteiger partial charge in [-0.3, -0.25) is 4.90 Å². The van der Waals surface area contributed by atoms with Crippen LogP contribution in [0.25, 0.3) is 0 Å². The fraction of sp³-hybridized carbons (Fsp3) is 0.412. The summed E-state index contributed by atoms with van der Waals surface area (Å²) in [5, 5.41) is 3.43. The Bertz CT molecular complexity index is 573. The van der Waals surface area contributed by atoms with Gasteiger partial charge in [-0.2, -0.15) is 0 Å². The largest absolute Gasteiger partial charge is 0.314 e. The molecule has 0 saturated carbocycles. The molecule has 1 fully saturated rings. The minimum Gasteiger partial charge on any atom is -0.314 e. The minimum atomic E-state index is 0.329. The maximum atomic E-state index is 6.17. The van der Waals surface area contributed by atoms with Crippen molar-refractivity contribution < 1.29 is 0 Å². The highest BCUT2D eigenvalue weighted by molar-refractivity contribution is 7.16. The van der Waals surface area contributed by atoms with Crippen LogP contribution in [0.1, 0.15) is 29.0 Å². The van der Waals surface area contributed by atoms with Gasteiger partial charge in [-0.25, -0.2) is 0 Å². The van der Waals surface area contributed by atoms with Crippen molar-refractivity contribution in [3.63, 3.8) is 0 Å². The van der Waals surface area contributed by atoms with Gasteiger partial charge in [0, 0.05) is 31.1 Å². The molecule has 1 aliphatic rings. The van der Waals surface area contributed by atoms with Gasteiger partial charge in [-0.15, -0.1) is 11.3 Å². The fourth-order valence-electron chi connectivity index (χ4n) is 2.91. The van der Waals surface area contributed by atoms with E-state index in [0.29, 0.717) is 6.04 Å². The topological polar surface area (TPSA) is 15.3 Å². The van der Waals surface area contributed by atoms with Crippen molar-refractivity contribution in [1.29, 1.82) is 0 Å². The lowest BCUT2D eigenvalue weighted by atomic mass is 10.0. The Morgan fingerprint density at radius 3 is 2.43 bits per heavy atom. The number of halogens is 1. The second-order valence-corrected chi connectivity index (χ2v) is 7.17. The summed E-state index contributed by atoms with van der Waals surface area (Å²) in [6.45, 7) is 6.47. The molecule has 1 aliphatic heterocycles. The van der Waals surface area contributed by atoms with Crippen molar-refractivity contribution >= 4 is 22.9 Å². The molecule has 1 N–H and O–H groups in total. The molecule has 2 heterocycles. The highest BCUT2D eigenvalue weighted by Crippen LogP contribution is 2.35. The standard InChI is InChI=1S/C17H21ClN2S/c1-2-13-3-5-14(6-4-13)17(15-7-8-16(18)21-15)20-11-9-19-10-12-20/h3-8,17,19H,2,9-12H2,1H3. The number of aryl methyl sites for hydroxylation is 1. The molecular formula is C17H21ClN2S. The van der Waals surface area contributed by atoms with Crippen molar-refractivity contribution in [2.45, 2.75) is 19.4 Å². The first kappa shape index (κ1) is 15.0. The molecule has 112 valence electrons. The third-order valence-corrected chi connectivity index (χ3v) is 5.37. The summed E-state index contributed by atoms with van der Waals surface area (Å²) >= 11 is 7.86. The van der Waals surface area contributed by atoms with E-state index in [1.54, 1.807) is 11.3 Å². The molecule has 4 heteroatoms. The number of piperazine rings is 1. The summed E-state index contributed by atoms with van der Waals surface area (Å²) in [7, 11) is 0. The van der Waals surface area contributed by atoms with Crippen LogP contribution in [-0.2, 0) is 6.42 Å². The summed E-state index contributed by atoms with van der Waals surface area (Å²) in [5.74, 6) is 0. The Labute approximate surface area is 135 Å². The summed E-state index contributed by atoms with van der Waals surface area (Å²) in [6, 6.07) is 13.6. The third kappa shape index (κ3) is 3.49. The van der Waals surface area contributed by atoms with E-state index in [2.05, 4.69) is 47.5 Å². The van der Waals surface area contributed by atoms with Crippen LogP contribution < -0.4 is 5.32 Å². The molecular weight excluding hydrogens is 300 g/mol. The van der Waals surface area contributed by atoms with E-state index in [-0.39, 0.29) is 0 Å². The van der Waals surface area contributed by atoms with E-state index in [4.69, 9.17) is 11.6 Å². The Balaban J connectivity index is 1.93. The Hall–Kier alpha value is -0.870. The maximum Gasteiger partial charge on any atom is 0.0931 e. The summed E-state index contributed by atoms with van der Waals surface area (Å²) < 4.78 is 0.871. The number of thiophene rings is 1. The highest BCUT2D eigenvalue weighted by atomic mass is 35.5. The Kier molecular flexibility index (Phi) is 4.96. The number of nitrogens with one attached hydrogen (secondary N) is 1. The molecule has 0 radical (unpaired) electrons. The molecule has 0 aliphatic carbocycles. The molecule has 0 bridgehead atoms. The number of hydrogen-bond acceptors (Lipinski definition) is 3.